The molecule has 1 aliphatic rings. The lowest BCUT2D eigenvalue weighted by Gasteiger charge is -2.36. The van der Waals surface area contributed by atoms with E-state index in [1.165, 1.54) is 18.4 Å². The number of halogens is 1. The van der Waals surface area contributed by atoms with Crippen molar-refractivity contribution in [3.8, 4) is 11.1 Å². The lowest BCUT2D eigenvalue weighted by atomic mass is 9.93. The van der Waals surface area contributed by atoms with Gasteiger partial charge in [0.1, 0.15) is 0 Å². The number of hydrogen-bond donors (Lipinski definition) is 0. The van der Waals surface area contributed by atoms with Gasteiger partial charge in [0, 0.05) is 56.2 Å². The summed E-state index contributed by atoms with van der Waals surface area (Å²) < 4.78 is 1.86. The number of nitrogens with zero attached hydrogens (tertiary/aromatic N) is 6. The average Bonchev–Trinajstić information content (AvgIpc) is 3.12. The third kappa shape index (κ3) is 4.43. The fraction of sp³-hybridized carbons (Fsp3) is 0.409. The van der Waals surface area contributed by atoms with Crippen molar-refractivity contribution in [2.45, 2.75) is 31.8 Å². The topological polar surface area (TPSA) is 50.1 Å². The van der Waals surface area contributed by atoms with Gasteiger partial charge in [-0.2, -0.15) is 5.10 Å². The molecule has 3 heterocycles. The smallest absolute Gasteiger partial charge is 0.225 e. The van der Waals surface area contributed by atoms with Gasteiger partial charge in [0.25, 0.3) is 0 Å². The monoisotopic (exact) mass is 410 g/mol. The van der Waals surface area contributed by atoms with Crippen LogP contribution in [0.15, 0.2) is 42.9 Å². The third-order valence-electron chi connectivity index (χ3n) is 5.41. The van der Waals surface area contributed by atoms with E-state index in [0.29, 0.717) is 0 Å². The first-order valence-corrected chi connectivity index (χ1v) is 10.4. The summed E-state index contributed by atoms with van der Waals surface area (Å²) in [5.41, 5.74) is 4.42. The summed E-state index contributed by atoms with van der Waals surface area (Å²) in [5.74, 6) is 0.734. The van der Waals surface area contributed by atoms with Crippen molar-refractivity contribution in [2.75, 3.05) is 25.5 Å². The Kier molecular flexibility index (Phi) is 5.83. The summed E-state index contributed by atoms with van der Waals surface area (Å²) in [6, 6.07) is 8.19. The van der Waals surface area contributed by atoms with Gasteiger partial charge in [-0.15, -0.1) is 0 Å². The van der Waals surface area contributed by atoms with Crippen molar-refractivity contribution in [3.05, 3.63) is 59.1 Å². The van der Waals surface area contributed by atoms with E-state index < -0.39 is 0 Å². The molecule has 1 atom stereocenters. The van der Waals surface area contributed by atoms with E-state index in [9.17, 15) is 0 Å². The summed E-state index contributed by atoms with van der Waals surface area (Å²) in [7, 11) is 5.92. The highest BCUT2D eigenvalue weighted by molar-refractivity contribution is 6.30. The first-order valence-electron chi connectivity index (χ1n) is 10.0. The molecule has 0 N–H and O–H groups in total. The van der Waals surface area contributed by atoms with Crippen LogP contribution in [-0.4, -0.2) is 45.3 Å². The van der Waals surface area contributed by atoms with E-state index in [-0.39, 0.29) is 6.04 Å². The van der Waals surface area contributed by atoms with E-state index in [4.69, 9.17) is 16.6 Å². The summed E-state index contributed by atoms with van der Waals surface area (Å²) in [6.45, 7) is 1.92. The largest absolute Gasteiger partial charge is 0.347 e. The zero-order valence-corrected chi connectivity index (χ0v) is 18.0. The molecule has 6 nitrogen and oxygen atoms in total. The first-order chi connectivity index (χ1) is 14.0. The molecule has 1 aliphatic heterocycles. The van der Waals surface area contributed by atoms with Crippen LogP contribution in [0, 0.1) is 0 Å². The molecule has 1 saturated heterocycles. The second-order valence-corrected chi connectivity index (χ2v) is 8.31. The molecular formula is C22H27ClN6. The van der Waals surface area contributed by atoms with Crippen LogP contribution >= 0.6 is 11.6 Å². The highest BCUT2D eigenvalue weighted by Gasteiger charge is 2.28. The lowest BCUT2D eigenvalue weighted by molar-refractivity contribution is 0.137. The molecule has 152 valence electrons. The number of rotatable bonds is 5. The fourth-order valence-electron chi connectivity index (χ4n) is 4.01. The fourth-order valence-corrected chi connectivity index (χ4v) is 4.20. The van der Waals surface area contributed by atoms with Crippen LogP contribution in [0.25, 0.3) is 11.1 Å². The highest BCUT2D eigenvalue weighted by Crippen LogP contribution is 2.37. The van der Waals surface area contributed by atoms with Crippen molar-refractivity contribution in [1.82, 2.24) is 24.6 Å². The van der Waals surface area contributed by atoms with E-state index in [2.05, 4.69) is 27.2 Å². The number of anilines is 1. The Bertz CT molecular complexity index is 983. The lowest BCUT2D eigenvalue weighted by Crippen LogP contribution is -2.34. The average molecular weight is 411 g/mol. The van der Waals surface area contributed by atoms with Crippen molar-refractivity contribution in [1.29, 1.82) is 0 Å². The molecule has 0 saturated carbocycles. The molecule has 0 spiro atoms. The summed E-state index contributed by atoms with van der Waals surface area (Å²) >= 11 is 6.28. The number of piperidine rings is 1. The zero-order chi connectivity index (χ0) is 20.4. The van der Waals surface area contributed by atoms with Gasteiger partial charge >= 0.3 is 0 Å². The van der Waals surface area contributed by atoms with Gasteiger partial charge in [-0.05, 0) is 37.1 Å². The van der Waals surface area contributed by atoms with Gasteiger partial charge < -0.3 is 4.90 Å². The van der Waals surface area contributed by atoms with Crippen LogP contribution in [0.4, 0.5) is 5.95 Å². The molecule has 0 bridgehead atoms. The third-order valence-corrected chi connectivity index (χ3v) is 5.65. The molecule has 1 aromatic carbocycles. The molecule has 0 unspecified atom stereocenters. The Hall–Kier alpha value is -2.44. The number of hydrogen-bond acceptors (Lipinski definition) is 5. The first kappa shape index (κ1) is 19.9. The van der Waals surface area contributed by atoms with E-state index >= 15 is 0 Å². The normalized spacial score (nSPS) is 17.4. The molecular weight excluding hydrogens is 384 g/mol. The quantitative estimate of drug-likeness (QED) is 0.626. The van der Waals surface area contributed by atoms with Gasteiger partial charge in [0.15, 0.2) is 0 Å². The second-order valence-electron chi connectivity index (χ2n) is 7.88. The van der Waals surface area contributed by atoms with E-state index in [1.54, 1.807) is 0 Å². The van der Waals surface area contributed by atoms with Gasteiger partial charge in [0.05, 0.1) is 17.9 Å². The molecule has 7 heteroatoms. The van der Waals surface area contributed by atoms with Gasteiger partial charge in [-0.3, -0.25) is 9.58 Å². The molecule has 29 heavy (non-hydrogen) atoms. The summed E-state index contributed by atoms with van der Waals surface area (Å²) in [6.07, 6.45) is 9.47. The Morgan fingerprint density at radius 1 is 1.21 bits per heavy atom. The SMILES string of the molecule is CN(C)c1ncc(-c2cccc(Cl)c2)c([C@H]2CCCCN2Cc2cnn(C)c2)n1. The molecule has 4 rings (SSSR count). The summed E-state index contributed by atoms with van der Waals surface area (Å²) in [4.78, 5) is 14.1. The molecule has 0 radical (unpaired) electrons. The van der Waals surface area contributed by atoms with Crippen LogP contribution in [0.3, 0.4) is 0 Å². The number of aryl methyl sites for hydroxylation is 1. The van der Waals surface area contributed by atoms with Crippen molar-refractivity contribution in [3.63, 3.8) is 0 Å². The minimum absolute atomic E-state index is 0.236. The molecule has 1 fully saturated rings. The molecule has 3 aromatic rings. The Labute approximate surface area is 177 Å². The standard InChI is InChI=1S/C22H27ClN6/c1-27(2)22-24-13-19(17-7-6-8-18(23)11-17)21(26-22)20-9-4-5-10-29(20)15-16-12-25-28(3)14-16/h6-8,11-14,20H,4-5,9-10,15H2,1-3H3/t20-/m1/s1. The maximum Gasteiger partial charge on any atom is 0.225 e. The Morgan fingerprint density at radius 2 is 2.07 bits per heavy atom. The Balaban J connectivity index is 1.76. The van der Waals surface area contributed by atoms with Crippen LogP contribution in [-0.2, 0) is 13.6 Å². The van der Waals surface area contributed by atoms with Crippen molar-refractivity contribution in [2.24, 2.45) is 7.05 Å². The minimum Gasteiger partial charge on any atom is -0.347 e. The molecule has 0 amide bonds. The number of likely N-dealkylation sites (tertiary alicyclic amines) is 1. The van der Waals surface area contributed by atoms with Crippen molar-refractivity contribution >= 4 is 17.5 Å². The van der Waals surface area contributed by atoms with Crippen molar-refractivity contribution < 1.29 is 0 Å². The maximum absolute atomic E-state index is 6.28. The van der Waals surface area contributed by atoms with Crippen LogP contribution in [0.2, 0.25) is 5.02 Å². The van der Waals surface area contributed by atoms with E-state index in [1.807, 2.05) is 61.3 Å². The van der Waals surface area contributed by atoms with Crippen LogP contribution in [0.1, 0.15) is 36.6 Å². The predicted molar refractivity (Wildman–Crippen MR) is 117 cm³/mol. The van der Waals surface area contributed by atoms with Crippen LogP contribution in [0.5, 0.6) is 0 Å². The zero-order valence-electron chi connectivity index (χ0n) is 17.2. The van der Waals surface area contributed by atoms with Gasteiger partial charge in [0.2, 0.25) is 5.95 Å². The van der Waals surface area contributed by atoms with Gasteiger partial charge in [-0.1, -0.05) is 30.2 Å². The Morgan fingerprint density at radius 3 is 2.79 bits per heavy atom. The summed E-state index contributed by atoms with van der Waals surface area (Å²) in [5, 5.41) is 5.06. The number of benzene rings is 1. The highest BCUT2D eigenvalue weighted by atomic mass is 35.5. The maximum atomic E-state index is 6.28. The second kappa shape index (κ2) is 8.51. The molecule has 0 aliphatic carbocycles. The predicted octanol–water partition coefficient (Wildman–Crippen LogP) is 4.32. The van der Waals surface area contributed by atoms with E-state index in [0.717, 1.165) is 47.3 Å². The molecule has 2 aromatic heterocycles. The minimum atomic E-state index is 0.236. The number of aromatic nitrogens is 4. The van der Waals surface area contributed by atoms with Gasteiger partial charge in [-0.25, -0.2) is 9.97 Å². The van der Waals surface area contributed by atoms with Crippen LogP contribution < -0.4 is 4.90 Å².